The fraction of sp³-hybridized carbons (Fsp3) is 0.348. The summed E-state index contributed by atoms with van der Waals surface area (Å²) in [6, 6.07) is 14.1. The van der Waals surface area contributed by atoms with E-state index in [1.54, 1.807) is 29.2 Å². The normalized spacial score (nSPS) is 12.0. The zero-order valence-corrected chi connectivity index (χ0v) is 18.3. The second kappa shape index (κ2) is 9.76. The molecule has 1 unspecified atom stereocenters. The van der Waals surface area contributed by atoms with Crippen molar-refractivity contribution in [3.63, 3.8) is 0 Å². The number of benzene rings is 2. The lowest BCUT2D eigenvalue weighted by atomic mass is 10.2. The van der Waals surface area contributed by atoms with Gasteiger partial charge in [0.25, 0.3) is 5.91 Å². The number of carbonyl (C=O) groups excluding carboxylic acids is 2. The highest BCUT2D eigenvalue weighted by molar-refractivity contribution is 6.30. The molecular formula is C23H27ClN4O2. The lowest BCUT2D eigenvalue weighted by Gasteiger charge is -2.20. The van der Waals surface area contributed by atoms with Gasteiger partial charge in [0.05, 0.1) is 17.1 Å². The molecule has 0 spiro atoms. The van der Waals surface area contributed by atoms with E-state index in [0.29, 0.717) is 16.4 Å². The second-order valence-corrected chi connectivity index (χ2v) is 7.86. The number of amides is 2. The van der Waals surface area contributed by atoms with Gasteiger partial charge in [0.1, 0.15) is 12.4 Å². The summed E-state index contributed by atoms with van der Waals surface area (Å²) in [6.07, 6.45) is 2.00. The van der Waals surface area contributed by atoms with Crippen LogP contribution in [0.4, 0.5) is 0 Å². The molecular weight excluding hydrogens is 400 g/mol. The number of para-hydroxylation sites is 2. The molecule has 0 saturated heterocycles. The largest absolute Gasteiger partial charge is 0.344 e. The van der Waals surface area contributed by atoms with Crippen LogP contribution in [0.3, 0.4) is 0 Å². The van der Waals surface area contributed by atoms with Crippen molar-refractivity contribution in [2.24, 2.45) is 0 Å². The van der Waals surface area contributed by atoms with Crippen molar-refractivity contribution in [2.75, 3.05) is 13.6 Å². The van der Waals surface area contributed by atoms with E-state index in [9.17, 15) is 9.59 Å². The summed E-state index contributed by atoms with van der Waals surface area (Å²) in [4.78, 5) is 31.9. The molecule has 1 N–H and O–H groups in total. The highest BCUT2D eigenvalue weighted by Crippen LogP contribution is 2.22. The van der Waals surface area contributed by atoms with Crippen LogP contribution >= 0.6 is 11.6 Å². The molecule has 0 aliphatic heterocycles. The van der Waals surface area contributed by atoms with Crippen LogP contribution in [-0.4, -0.2) is 39.9 Å². The number of nitrogens with zero attached hydrogens (tertiary/aromatic N) is 3. The Bertz CT molecular complexity index is 1050. The lowest BCUT2D eigenvalue weighted by Crippen LogP contribution is -2.33. The first kappa shape index (κ1) is 21.8. The van der Waals surface area contributed by atoms with E-state index in [1.165, 1.54) is 0 Å². The topological polar surface area (TPSA) is 67.2 Å². The average Bonchev–Trinajstić information content (AvgIpc) is 3.10. The number of likely N-dealkylation sites (N-methyl/N-ethyl adjacent to an activating group) is 1. The van der Waals surface area contributed by atoms with Crippen molar-refractivity contribution >= 4 is 34.4 Å². The first-order chi connectivity index (χ1) is 14.4. The van der Waals surface area contributed by atoms with Crippen molar-refractivity contribution in [1.29, 1.82) is 0 Å². The van der Waals surface area contributed by atoms with Gasteiger partial charge >= 0.3 is 0 Å². The summed E-state index contributed by atoms with van der Waals surface area (Å²) in [5.41, 5.74) is 2.14. The van der Waals surface area contributed by atoms with Crippen molar-refractivity contribution in [3.05, 3.63) is 64.9 Å². The number of hydrogen-bond donors (Lipinski definition) is 1. The smallest absolute Gasteiger partial charge is 0.251 e. The Morgan fingerprint density at radius 2 is 1.97 bits per heavy atom. The van der Waals surface area contributed by atoms with Crippen LogP contribution in [0.2, 0.25) is 5.02 Å². The summed E-state index contributed by atoms with van der Waals surface area (Å²) in [6.45, 7) is 4.86. The maximum atomic E-state index is 12.8. The van der Waals surface area contributed by atoms with Gasteiger partial charge in [0, 0.05) is 24.2 Å². The Balaban J connectivity index is 1.86. The Hall–Kier alpha value is -2.86. The fourth-order valence-electron chi connectivity index (χ4n) is 3.34. The molecule has 1 atom stereocenters. The lowest BCUT2D eigenvalue weighted by molar-refractivity contribution is -0.130. The van der Waals surface area contributed by atoms with E-state index in [2.05, 4.69) is 12.2 Å². The maximum absolute atomic E-state index is 12.8. The van der Waals surface area contributed by atoms with Gasteiger partial charge in [-0.25, -0.2) is 4.98 Å². The minimum atomic E-state index is -0.391. The number of fused-ring (bicyclic) bond motifs is 1. The second-order valence-electron chi connectivity index (χ2n) is 7.42. The number of hydrogen-bond acceptors (Lipinski definition) is 3. The van der Waals surface area contributed by atoms with Gasteiger partial charge in [-0.2, -0.15) is 0 Å². The Labute approximate surface area is 181 Å². The first-order valence-corrected chi connectivity index (χ1v) is 10.5. The summed E-state index contributed by atoms with van der Waals surface area (Å²) in [5, 5.41) is 3.48. The molecule has 0 saturated carbocycles. The van der Waals surface area contributed by atoms with Crippen molar-refractivity contribution in [3.8, 4) is 0 Å². The van der Waals surface area contributed by atoms with E-state index in [0.717, 1.165) is 30.4 Å². The van der Waals surface area contributed by atoms with Gasteiger partial charge in [0.2, 0.25) is 5.91 Å². The minimum absolute atomic E-state index is 0.0150. The van der Waals surface area contributed by atoms with Crippen LogP contribution in [0, 0.1) is 0 Å². The van der Waals surface area contributed by atoms with Gasteiger partial charge < -0.3 is 14.8 Å². The maximum Gasteiger partial charge on any atom is 0.251 e. The molecule has 2 amide bonds. The standard InChI is InChI=1S/C23H27ClN4O2/c1-4-5-13-27(3)21(29)15-28-20-12-7-6-11-19(20)26-22(28)16(2)25-23(30)17-9-8-10-18(24)14-17/h6-12,14,16H,4-5,13,15H2,1-3H3,(H,25,30). The van der Waals surface area contributed by atoms with Gasteiger partial charge in [-0.15, -0.1) is 0 Å². The molecule has 0 bridgehead atoms. The van der Waals surface area contributed by atoms with Crippen LogP contribution in [0.5, 0.6) is 0 Å². The Kier molecular flexibility index (Phi) is 7.11. The number of halogens is 1. The van der Waals surface area contributed by atoms with Crippen LogP contribution in [0.25, 0.3) is 11.0 Å². The Morgan fingerprint density at radius 1 is 1.20 bits per heavy atom. The quantitative estimate of drug-likeness (QED) is 0.579. The number of nitrogens with one attached hydrogen (secondary N) is 1. The third kappa shape index (κ3) is 5.00. The molecule has 3 rings (SSSR count). The predicted molar refractivity (Wildman–Crippen MR) is 120 cm³/mol. The third-order valence-corrected chi connectivity index (χ3v) is 5.31. The van der Waals surface area contributed by atoms with E-state index < -0.39 is 6.04 Å². The molecule has 3 aromatic rings. The predicted octanol–water partition coefficient (Wildman–Crippen LogP) is 4.44. The highest BCUT2D eigenvalue weighted by Gasteiger charge is 2.21. The van der Waals surface area contributed by atoms with Gasteiger partial charge in [-0.3, -0.25) is 9.59 Å². The number of rotatable bonds is 8. The van der Waals surface area contributed by atoms with Gasteiger partial charge in [-0.05, 0) is 43.7 Å². The van der Waals surface area contributed by atoms with E-state index in [4.69, 9.17) is 16.6 Å². The molecule has 2 aromatic carbocycles. The number of imidazole rings is 1. The highest BCUT2D eigenvalue weighted by atomic mass is 35.5. The minimum Gasteiger partial charge on any atom is -0.344 e. The molecule has 0 aliphatic carbocycles. The van der Waals surface area contributed by atoms with Crippen molar-refractivity contribution in [1.82, 2.24) is 19.8 Å². The van der Waals surface area contributed by atoms with E-state index >= 15 is 0 Å². The van der Waals surface area contributed by atoms with Gasteiger partial charge in [-0.1, -0.05) is 43.1 Å². The van der Waals surface area contributed by atoms with Crippen molar-refractivity contribution < 1.29 is 9.59 Å². The molecule has 1 aromatic heterocycles. The summed E-state index contributed by atoms with van der Waals surface area (Å²) >= 11 is 6.01. The van der Waals surface area contributed by atoms with Crippen LogP contribution < -0.4 is 5.32 Å². The molecule has 0 fully saturated rings. The SMILES string of the molecule is CCCCN(C)C(=O)Cn1c(C(C)NC(=O)c2cccc(Cl)c2)nc2ccccc21. The number of carbonyl (C=O) groups is 2. The first-order valence-electron chi connectivity index (χ1n) is 10.2. The molecule has 30 heavy (non-hydrogen) atoms. The fourth-order valence-corrected chi connectivity index (χ4v) is 3.53. The zero-order chi connectivity index (χ0) is 21.7. The molecule has 158 valence electrons. The summed E-state index contributed by atoms with van der Waals surface area (Å²) < 4.78 is 1.89. The molecule has 7 heteroatoms. The summed E-state index contributed by atoms with van der Waals surface area (Å²) in [7, 11) is 1.82. The summed E-state index contributed by atoms with van der Waals surface area (Å²) in [5.74, 6) is 0.417. The van der Waals surface area contributed by atoms with Crippen LogP contribution in [0.15, 0.2) is 48.5 Å². The van der Waals surface area contributed by atoms with E-state index in [-0.39, 0.29) is 18.4 Å². The molecule has 0 radical (unpaired) electrons. The number of aromatic nitrogens is 2. The molecule has 1 heterocycles. The zero-order valence-electron chi connectivity index (χ0n) is 17.6. The Morgan fingerprint density at radius 3 is 2.70 bits per heavy atom. The van der Waals surface area contributed by atoms with E-state index in [1.807, 2.05) is 42.8 Å². The molecule has 6 nitrogen and oxygen atoms in total. The third-order valence-electron chi connectivity index (χ3n) is 5.07. The monoisotopic (exact) mass is 426 g/mol. The van der Waals surface area contributed by atoms with Crippen LogP contribution in [0.1, 0.15) is 48.9 Å². The van der Waals surface area contributed by atoms with Gasteiger partial charge in [0.15, 0.2) is 0 Å². The number of unbranched alkanes of at least 4 members (excludes halogenated alkanes) is 1. The van der Waals surface area contributed by atoms with Crippen LogP contribution in [-0.2, 0) is 11.3 Å². The van der Waals surface area contributed by atoms with Crippen molar-refractivity contribution in [2.45, 2.75) is 39.3 Å². The average molecular weight is 427 g/mol. The molecule has 0 aliphatic rings.